The second-order valence-electron chi connectivity index (χ2n) is 12.1. The Hall–Kier alpha value is -5.72. The van der Waals surface area contributed by atoms with E-state index in [4.69, 9.17) is 0 Å². The lowest BCUT2D eigenvalue weighted by atomic mass is 9.78. The van der Waals surface area contributed by atoms with Gasteiger partial charge in [-0.25, -0.2) is 0 Å². The summed E-state index contributed by atoms with van der Waals surface area (Å²) in [5, 5.41) is 5.23. The van der Waals surface area contributed by atoms with E-state index in [-0.39, 0.29) is 0 Å². The molecule has 0 bridgehead atoms. The molecule has 1 aliphatic carbocycles. The van der Waals surface area contributed by atoms with E-state index in [1.807, 2.05) is 0 Å². The minimum absolute atomic E-state index is 1.22. The number of benzene rings is 8. The Kier molecular flexibility index (Phi) is 5.83. The van der Waals surface area contributed by atoms with Crippen LogP contribution in [0.3, 0.4) is 0 Å². The third kappa shape index (κ3) is 3.93. The van der Waals surface area contributed by atoms with E-state index in [9.17, 15) is 0 Å². The molecular weight excluding hydrogens is 540 g/mol. The highest BCUT2D eigenvalue weighted by molar-refractivity contribution is 6.31. The van der Waals surface area contributed by atoms with Crippen molar-refractivity contribution in [1.29, 1.82) is 0 Å². The number of rotatable bonds is 4. The Labute approximate surface area is 263 Å². The number of hydrogen-bond donors (Lipinski definition) is 0. The Morgan fingerprint density at radius 2 is 0.689 bits per heavy atom. The van der Waals surface area contributed by atoms with Crippen molar-refractivity contribution in [2.45, 2.75) is 6.92 Å². The molecule has 0 nitrogen and oxygen atoms in total. The molecule has 0 N–H and O–H groups in total. The van der Waals surface area contributed by atoms with Gasteiger partial charge in [-0.2, -0.15) is 0 Å². The summed E-state index contributed by atoms with van der Waals surface area (Å²) in [6.45, 7) is 2.17. The summed E-state index contributed by atoms with van der Waals surface area (Å²) < 4.78 is 0. The topological polar surface area (TPSA) is 0 Å². The highest BCUT2D eigenvalue weighted by Crippen LogP contribution is 2.59. The Bertz CT molecular complexity index is 2380. The molecule has 0 fully saturated rings. The molecule has 0 saturated carbocycles. The maximum atomic E-state index is 2.35. The zero-order valence-electron chi connectivity index (χ0n) is 25.1. The van der Waals surface area contributed by atoms with Crippen LogP contribution in [0.15, 0.2) is 164 Å². The molecule has 1 aliphatic rings. The average Bonchev–Trinajstić information content (AvgIpc) is 3.44. The van der Waals surface area contributed by atoms with Crippen LogP contribution >= 0.6 is 0 Å². The molecule has 0 saturated heterocycles. The maximum absolute atomic E-state index is 2.35. The molecule has 9 rings (SSSR count). The summed E-state index contributed by atoms with van der Waals surface area (Å²) in [6, 6.07) is 60.3. The molecule has 0 heteroatoms. The van der Waals surface area contributed by atoms with Crippen molar-refractivity contribution in [3.63, 3.8) is 0 Å². The fourth-order valence-corrected chi connectivity index (χ4v) is 7.54. The molecule has 0 unspecified atom stereocenters. The van der Waals surface area contributed by atoms with Gasteiger partial charge in [0.05, 0.1) is 0 Å². The zero-order valence-corrected chi connectivity index (χ0v) is 25.1. The van der Waals surface area contributed by atoms with Gasteiger partial charge in [-0.3, -0.25) is 0 Å². The van der Waals surface area contributed by atoms with Crippen molar-refractivity contribution in [3.05, 3.63) is 169 Å². The highest BCUT2D eigenvalue weighted by atomic mass is 14.3. The van der Waals surface area contributed by atoms with Crippen LogP contribution in [0, 0.1) is 6.92 Å². The van der Waals surface area contributed by atoms with Crippen molar-refractivity contribution in [2.24, 2.45) is 0 Å². The van der Waals surface area contributed by atoms with E-state index in [2.05, 4.69) is 171 Å². The van der Waals surface area contributed by atoms with E-state index < -0.39 is 0 Å². The third-order valence-electron chi connectivity index (χ3n) is 9.47. The second kappa shape index (κ2) is 10.2. The van der Waals surface area contributed by atoms with Crippen LogP contribution in [0.25, 0.3) is 88.3 Å². The normalized spacial score (nSPS) is 11.7. The fraction of sp³-hybridized carbons (Fsp3) is 0.0222. The van der Waals surface area contributed by atoms with Crippen molar-refractivity contribution >= 4 is 21.5 Å². The van der Waals surface area contributed by atoms with Crippen LogP contribution in [0.5, 0.6) is 0 Å². The first-order valence-corrected chi connectivity index (χ1v) is 15.7. The fourth-order valence-electron chi connectivity index (χ4n) is 7.54. The molecule has 0 heterocycles. The SMILES string of the molecule is Cc1ccc(-c2c3c(c(-c4ccccc4)c4c(-c5ccccc5)ccc(-c5ccccc5)c24)-c2cccc4cccc-3c24)cc1. The Morgan fingerprint density at radius 3 is 1.16 bits per heavy atom. The predicted octanol–water partition coefficient (Wildman–Crippen LogP) is 12.6. The lowest BCUT2D eigenvalue weighted by Gasteiger charge is -2.25. The van der Waals surface area contributed by atoms with Gasteiger partial charge >= 0.3 is 0 Å². The van der Waals surface area contributed by atoms with Crippen molar-refractivity contribution < 1.29 is 0 Å². The Morgan fingerprint density at radius 1 is 0.267 bits per heavy atom. The lowest BCUT2D eigenvalue weighted by Crippen LogP contribution is -1.97. The average molecular weight is 571 g/mol. The lowest BCUT2D eigenvalue weighted by molar-refractivity contribution is 1.47. The number of aryl methyl sites for hydroxylation is 1. The van der Waals surface area contributed by atoms with Gasteiger partial charge in [-0.05, 0) is 95.2 Å². The molecule has 0 spiro atoms. The molecule has 45 heavy (non-hydrogen) atoms. The molecule has 0 atom stereocenters. The molecule has 0 aromatic heterocycles. The van der Waals surface area contributed by atoms with Gasteiger partial charge in [0.2, 0.25) is 0 Å². The molecular formula is C45H30. The minimum atomic E-state index is 1.22. The van der Waals surface area contributed by atoms with Crippen LogP contribution in [-0.4, -0.2) is 0 Å². The van der Waals surface area contributed by atoms with Crippen LogP contribution in [-0.2, 0) is 0 Å². The summed E-state index contributed by atoms with van der Waals surface area (Å²) in [4.78, 5) is 0. The van der Waals surface area contributed by atoms with E-state index in [1.54, 1.807) is 0 Å². The first-order valence-electron chi connectivity index (χ1n) is 15.7. The Balaban J connectivity index is 1.61. The van der Waals surface area contributed by atoms with E-state index in [0.29, 0.717) is 0 Å². The van der Waals surface area contributed by atoms with E-state index in [1.165, 1.54) is 93.9 Å². The van der Waals surface area contributed by atoms with Gasteiger partial charge in [0.15, 0.2) is 0 Å². The molecule has 0 radical (unpaired) electrons. The molecule has 8 aromatic rings. The van der Waals surface area contributed by atoms with Crippen molar-refractivity contribution in [1.82, 2.24) is 0 Å². The molecule has 8 aromatic carbocycles. The molecule has 0 amide bonds. The third-order valence-corrected chi connectivity index (χ3v) is 9.47. The predicted molar refractivity (Wildman–Crippen MR) is 192 cm³/mol. The zero-order chi connectivity index (χ0) is 29.9. The van der Waals surface area contributed by atoms with Crippen LogP contribution < -0.4 is 0 Å². The number of fused-ring (bicyclic) bond motifs is 4. The van der Waals surface area contributed by atoms with E-state index in [0.717, 1.165) is 0 Å². The van der Waals surface area contributed by atoms with Gasteiger partial charge in [0.25, 0.3) is 0 Å². The largest absolute Gasteiger partial charge is 0.0622 e. The van der Waals surface area contributed by atoms with Gasteiger partial charge in [-0.15, -0.1) is 0 Å². The van der Waals surface area contributed by atoms with Crippen molar-refractivity contribution in [2.75, 3.05) is 0 Å². The highest BCUT2D eigenvalue weighted by Gasteiger charge is 2.32. The summed E-state index contributed by atoms with van der Waals surface area (Å²) >= 11 is 0. The smallest absolute Gasteiger partial charge is 0.000719 e. The number of hydrogen-bond acceptors (Lipinski definition) is 0. The molecule has 210 valence electrons. The molecule has 0 aliphatic heterocycles. The van der Waals surface area contributed by atoms with E-state index >= 15 is 0 Å². The first kappa shape index (κ1) is 25.7. The summed E-state index contributed by atoms with van der Waals surface area (Å²) in [7, 11) is 0. The van der Waals surface area contributed by atoms with Gasteiger partial charge in [0, 0.05) is 0 Å². The summed E-state index contributed by atoms with van der Waals surface area (Å²) in [5.41, 5.74) is 16.6. The minimum Gasteiger partial charge on any atom is -0.0622 e. The van der Waals surface area contributed by atoms with Crippen LogP contribution in [0.4, 0.5) is 0 Å². The first-order chi connectivity index (χ1) is 22.3. The second-order valence-corrected chi connectivity index (χ2v) is 12.1. The summed E-state index contributed by atoms with van der Waals surface area (Å²) in [5.74, 6) is 0. The van der Waals surface area contributed by atoms with Gasteiger partial charge in [-0.1, -0.05) is 169 Å². The summed E-state index contributed by atoms with van der Waals surface area (Å²) in [6.07, 6.45) is 0. The van der Waals surface area contributed by atoms with Gasteiger partial charge in [0.1, 0.15) is 0 Å². The maximum Gasteiger partial charge on any atom is -0.000719 e. The van der Waals surface area contributed by atoms with Gasteiger partial charge < -0.3 is 0 Å². The quantitative estimate of drug-likeness (QED) is 0.197. The monoisotopic (exact) mass is 570 g/mol. The van der Waals surface area contributed by atoms with Crippen molar-refractivity contribution in [3.8, 4) is 66.8 Å². The van der Waals surface area contributed by atoms with Crippen LogP contribution in [0.2, 0.25) is 0 Å². The standard InChI is InChI=1S/C45H30/c1-29-23-25-34(26-24-29)41-43-36(31-15-7-3-8-16-31)28-27-35(30-13-5-2-6-14-30)42(43)40(33-17-9-4-10-18-33)44-37-21-11-19-32-20-12-22-38(39(32)37)45(41)44/h2-28H,1H3. The van der Waals surface area contributed by atoms with Crippen LogP contribution in [0.1, 0.15) is 5.56 Å².